The molecule has 0 N–H and O–H groups in total. The van der Waals surface area contributed by atoms with Crippen LogP contribution in [0.4, 0.5) is 4.39 Å². The van der Waals surface area contributed by atoms with Gasteiger partial charge in [0.1, 0.15) is 5.82 Å². The first-order chi connectivity index (χ1) is 11.7. The molecule has 1 aromatic carbocycles. The van der Waals surface area contributed by atoms with Crippen molar-refractivity contribution in [2.75, 3.05) is 0 Å². The Kier molecular flexibility index (Phi) is 8.29. The maximum absolute atomic E-state index is 13.9. The molecular weight excluding hydrogens is 297 g/mol. The Morgan fingerprint density at radius 2 is 1.67 bits per heavy atom. The second-order valence-electron chi connectivity index (χ2n) is 7.55. The van der Waals surface area contributed by atoms with Crippen molar-refractivity contribution in [2.24, 2.45) is 11.8 Å². The van der Waals surface area contributed by atoms with Crippen molar-refractivity contribution in [1.29, 1.82) is 5.26 Å². The number of unbranched alkanes of at least 4 members (excludes halogenated alkanes) is 4. The quantitative estimate of drug-likeness (QED) is 0.457. The highest BCUT2D eigenvalue weighted by Gasteiger charge is 2.21. The van der Waals surface area contributed by atoms with Crippen molar-refractivity contribution in [3.8, 4) is 6.07 Å². The van der Waals surface area contributed by atoms with Crippen LogP contribution in [-0.4, -0.2) is 0 Å². The average molecular weight is 330 g/mol. The van der Waals surface area contributed by atoms with Gasteiger partial charge in [0.05, 0.1) is 11.6 Å². The maximum Gasteiger partial charge on any atom is 0.127 e. The number of halogens is 1. The molecule has 0 saturated heterocycles. The van der Waals surface area contributed by atoms with Crippen molar-refractivity contribution in [3.05, 3.63) is 35.1 Å². The van der Waals surface area contributed by atoms with Crippen LogP contribution in [-0.2, 0) is 6.42 Å². The van der Waals surface area contributed by atoms with Crippen molar-refractivity contribution in [1.82, 2.24) is 0 Å². The monoisotopic (exact) mass is 329 g/mol. The number of nitrogens with zero attached hydrogens (tertiary/aromatic N) is 1. The number of rotatable bonds is 9. The zero-order valence-electron chi connectivity index (χ0n) is 15.2. The summed E-state index contributed by atoms with van der Waals surface area (Å²) in [6.45, 7) is 2.27. The summed E-state index contributed by atoms with van der Waals surface area (Å²) in [6, 6.07) is 6.88. The molecular formula is C22H32FN. The zero-order valence-corrected chi connectivity index (χ0v) is 15.2. The molecule has 0 amide bonds. The van der Waals surface area contributed by atoms with Gasteiger partial charge >= 0.3 is 0 Å². The summed E-state index contributed by atoms with van der Waals surface area (Å²) in [5.41, 5.74) is 1.18. The van der Waals surface area contributed by atoms with E-state index in [-0.39, 0.29) is 5.82 Å². The summed E-state index contributed by atoms with van der Waals surface area (Å²) in [7, 11) is 0. The lowest BCUT2D eigenvalue weighted by molar-refractivity contribution is 0.248. The molecule has 1 aliphatic carbocycles. The third-order valence-corrected chi connectivity index (χ3v) is 5.69. The van der Waals surface area contributed by atoms with Crippen molar-refractivity contribution >= 4 is 0 Å². The van der Waals surface area contributed by atoms with Crippen LogP contribution in [0.2, 0.25) is 0 Å². The Labute approximate surface area is 147 Å². The van der Waals surface area contributed by atoms with Crippen molar-refractivity contribution < 1.29 is 4.39 Å². The van der Waals surface area contributed by atoms with Gasteiger partial charge in [-0.25, -0.2) is 4.39 Å². The van der Waals surface area contributed by atoms with Crippen LogP contribution in [0.5, 0.6) is 0 Å². The van der Waals surface area contributed by atoms with Crippen LogP contribution in [0.3, 0.4) is 0 Å². The molecule has 24 heavy (non-hydrogen) atoms. The minimum atomic E-state index is -0.213. The third kappa shape index (κ3) is 6.27. The maximum atomic E-state index is 13.9. The highest BCUT2D eigenvalue weighted by atomic mass is 19.1. The molecule has 0 radical (unpaired) electrons. The van der Waals surface area contributed by atoms with Gasteiger partial charge in [-0.05, 0) is 42.4 Å². The summed E-state index contributed by atoms with van der Waals surface area (Å²) in [5.74, 6) is 1.49. The molecule has 1 aromatic rings. The minimum Gasteiger partial charge on any atom is -0.207 e. The zero-order chi connectivity index (χ0) is 17.2. The van der Waals surface area contributed by atoms with Gasteiger partial charge < -0.3 is 0 Å². The topological polar surface area (TPSA) is 23.8 Å². The van der Waals surface area contributed by atoms with E-state index >= 15 is 0 Å². The van der Waals surface area contributed by atoms with E-state index in [9.17, 15) is 4.39 Å². The van der Waals surface area contributed by atoms with Gasteiger partial charge in [0.2, 0.25) is 0 Å². The van der Waals surface area contributed by atoms with E-state index in [2.05, 4.69) is 6.92 Å². The summed E-state index contributed by atoms with van der Waals surface area (Å²) in [4.78, 5) is 0. The number of hydrogen-bond donors (Lipinski definition) is 0. The van der Waals surface area contributed by atoms with Gasteiger partial charge in [0.25, 0.3) is 0 Å². The Morgan fingerprint density at radius 3 is 2.29 bits per heavy atom. The van der Waals surface area contributed by atoms with Crippen LogP contribution in [0.25, 0.3) is 0 Å². The molecule has 0 spiro atoms. The Morgan fingerprint density at radius 1 is 1.00 bits per heavy atom. The van der Waals surface area contributed by atoms with Gasteiger partial charge in [0.15, 0.2) is 0 Å². The van der Waals surface area contributed by atoms with Crippen molar-refractivity contribution in [2.45, 2.75) is 84.0 Å². The van der Waals surface area contributed by atoms with Gasteiger partial charge in [0, 0.05) is 0 Å². The van der Waals surface area contributed by atoms with E-state index in [4.69, 9.17) is 5.26 Å². The number of aryl methyl sites for hydroxylation is 1. The van der Waals surface area contributed by atoms with Crippen LogP contribution in [0.15, 0.2) is 18.2 Å². The van der Waals surface area contributed by atoms with E-state index in [0.29, 0.717) is 5.56 Å². The fraction of sp³-hybridized carbons (Fsp3) is 0.682. The molecule has 2 heteroatoms. The van der Waals surface area contributed by atoms with E-state index in [1.165, 1.54) is 70.3 Å². The average Bonchev–Trinajstić information content (AvgIpc) is 2.61. The van der Waals surface area contributed by atoms with Gasteiger partial charge in [-0.2, -0.15) is 5.26 Å². The molecule has 132 valence electrons. The van der Waals surface area contributed by atoms with E-state index < -0.39 is 0 Å². The lowest BCUT2D eigenvalue weighted by atomic mass is 9.77. The second kappa shape index (κ2) is 10.5. The second-order valence-corrected chi connectivity index (χ2v) is 7.55. The summed E-state index contributed by atoms with van der Waals surface area (Å²) >= 11 is 0. The largest absolute Gasteiger partial charge is 0.207 e. The number of nitriles is 1. The summed E-state index contributed by atoms with van der Waals surface area (Å²) in [5, 5.41) is 8.80. The normalized spacial score (nSPS) is 20.7. The highest BCUT2D eigenvalue weighted by molar-refractivity contribution is 5.32. The fourth-order valence-corrected chi connectivity index (χ4v) is 4.02. The molecule has 1 saturated carbocycles. The number of benzene rings is 1. The predicted molar refractivity (Wildman–Crippen MR) is 98.3 cm³/mol. The molecule has 0 atom stereocenters. The molecule has 2 rings (SSSR count). The lowest BCUT2D eigenvalue weighted by Gasteiger charge is -2.28. The Balaban J connectivity index is 1.64. The molecule has 1 fully saturated rings. The molecule has 0 aliphatic heterocycles. The van der Waals surface area contributed by atoms with Crippen LogP contribution < -0.4 is 0 Å². The summed E-state index contributed by atoms with van der Waals surface area (Å²) in [6.07, 6.45) is 15.6. The lowest BCUT2D eigenvalue weighted by Crippen LogP contribution is -2.15. The molecule has 0 bridgehead atoms. The third-order valence-electron chi connectivity index (χ3n) is 5.69. The Hall–Kier alpha value is -1.36. The molecule has 1 aliphatic rings. The number of hydrogen-bond acceptors (Lipinski definition) is 1. The standard InChI is InChI=1S/C22H32FN/c1-2-3-4-5-6-7-18-8-10-19(11-9-18)12-14-21-15-13-20(17-24)16-22(21)23/h13,15-16,18-19H,2-12,14H2,1H3/t18-,19-. The first-order valence-electron chi connectivity index (χ1n) is 9.91. The molecule has 0 heterocycles. The predicted octanol–water partition coefficient (Wildman–Crippen LogP) is 6.80. The van der Waals surface area contributed by atoms with Gasteiger partial charge in [-0.1, -0.05) is 77.2 Å². The SMILES string of the molecule is CCCCCCC[C@H]1CC[C@H](CCc2ccc(C#N)cc2F)CC1. The summed E-state index contributed by atoms with van der Waals surface area (Å²) < 4.78 is 13.9. The highest BCUT2D eigenvalue weighted by Crippen LogP contribution is 2.34. The fourth-order valence-electron chi connectivity index (χ4n) is 4.02. The first-order valence-corrected chi connectivity index (χ1v) is 9.91. The molecule has 0 unspecified atom stereocenters. The van der Waals surface area contributed by atoms with Crippen LogP contribution in [0, 0.1) is 29.0 Å². The smallest absolute Gasteiger partial charge is 0.127 e. The van der Waals surface area contributed by atoms with Gasteiger partial charge in [-0.3, -0.25) is 0 Å². The van der Waals surface area contributed by atoms with Crippen LogP contribution in [0.1, 0.15) is 88.7 Å². The van der Waals surface area contributed by atoms with Gasteiger partial charge in [-0.15, -0.1) is 0 Å². The Bertz CT molecular complexity index is 523. The van der Waals surface area contributed by atoms with E-state index in [0.717, 1.165) is 30.2 Å². The molecule has 0 aromatic heterocycles. The van der Waals surface area contributed by atoms with E-state index in [1.54, 1.807) is 12.1 Å². The van der Waals surface area contributed by atoms with Crippen LogP contribution >= 0.6 is 0 Å². The van der Waals surface area contributed by atoms with E-state index in [1.807, 2.05) is 6.07 Å². The first kappa shape index (κ1) is 19.0. The minimum absolute atomic E-state index is 0.213. The molecule has 1 nitrogen and oxygen atoms in total. The van der Waals surface area contributed by atoms with Crippen molar-refractivity contribution in [3.63, 3.8) is 0 Å².